The highest BCUT2D eigenvalue weighted by atomic mass is 16.4. The Labute approximate surface area is 114 Å². The molecule has 1 aromatic rings. The van der Waals surface area contributed by atoms with Crippen molar-refractivity contribution in [3.63, 3.8) is 0 Å². The number of nitrogens with zero attached hydrogens (tertiary/aromatic N) is 1. The van der Waals surface area contributed by atoms with E-state index in [1.807, 2.05) is 24.3 Å². The van der Waals surface area contributed by atoms with Crippen molar-refractivity contribution in [1.29, 1.82) is 0 Å². The Morgan fingerprint density at radius 3 is 2.42 bits per heavy atom. The zero-order chi connectivity index (χ0) is 13.9. The molecule has 0 spiro atoms. The summed E-state index contributed by atoms with van der Waals surface area (Å²) in [6.07, 6.45) is 4.26. The number of aliphatic hydroxyl groups excluding tert-OH is 1. The quantitative estimate of drug-likeness (QED) is 0.179. The molecule has 0 bridgehead atoms. The molecule has 0 atom stereocenters. The molecule has 19 heavy (non-hydrogen) atoms. The number of amidine groups is 1. The first kappa shape index (κ1) is 15.5. The predicted octanol–water partition coefficient (Wildman–Crippen LogP) is 1.42. The molecule has 0 aliphatic carbocycles. The van der Waals surface area contributed by atoms with Gasteiger partial charge in [0, 0.05) is 18.7 Å². The summed E-state index contributed by atoms with van der Waals surface area (Å²) in [5.41, 5.74) is 7.38. The number of nitrogens with two attached hydrogens (primary N) is 1. The van der Waals surface area contributed by atoms with E-state index in [1.165, 1.54) is 5.56 Å². The molecule has 5 N–H and O–H groups in total. The molecule has 0 radical (unpaired) electrons. The summed E-state index contributed by atoms with van der Waals surface area (Å²) in [6.45, 7) is 2.09. The van der Waals surface area contributed by atoms with Crippen LogP contribution in [-0.2, 0) is 6.54 Å². The van der Waals surface area contributed by atoms with Crippen LogP contribution in [0.2, 0.25) is 0 Å². The molecule has 0 saturated heterocycles. The minimum atomic E-state index is 0.128. The highest BCUT2D eigenvalue weighted by Gasteiger charge is 1.99. The molecule has 1 rings (SSSR count). The third-order valence-electron chi connectivity index (χ3n) is 2.95. The van der Waals surface area contributed by atoms with Crippen molar-refractivity contribution in [2.45, 2.75) is 32.2 Å². The Hall–Kier alpha value is -1.59. The van der Waals surface area contributed by atoms with Gasteiger partial charge >= 0.3 is 0 Å². The van der Waals surface area contributed by atoms with Crippen LogP contribution in [0.25, 0.3) is 0 Å². The van der Waals surface area contributed by atoms with Crippen LogP contribution < -0.4 is 11.1 Å². The van der Waals surface area contributed by atoms with E-state index in [2.05, 4.69) is 10.5 Å². The zero-order valence-electron chi connectivity index (χ0n) is 11.2. The lowest BCUT2D eigenvalue weighted by molar-refractivity contribution is 0.282. The lowest BCUT2D eigenvalue weighted by atomic mass is 10.1. The lowest BCUT2D eigenvalue weighted by Crippen LogP contribution is -2.15. The fourth-order valence-corrected chi connectivity index (χ4v) is 1.80. The van der Waals surface area contributed by atoms with Crippen LogP contribution in [0.1, 0.15) is 36.8 Å². The number of aliphatic hydroxyl groups is 1. The molecule has 106 valence electrons. The Balaban J connectivity index is 2.19. The van der Waals surface area contributed by atoms with Crippen molar-refractivity contribution >= 4 is 5.84 Å². The van der Waals surface area contributed by atoms with Crippen LogP contribution in [0.4, 0.5) is 0 Å². The molecule has 0 heterocycles. The van der Waals surface area contributed by atoms with E-state index in [9.17, 15) is 0 Å². The van der Waals surface area contributed by atoms with Crippen molar-refractivity contribution in [2.24, 2.45) is 10.9 Å². The third-order valence-corrected chi connectivity index (χ3v) is 2.95. The van der Waals surface area contributed by atoms with E-state index in [1.54, 1.807) is 0 Å². The number of rotatable bonds is 9. The second-order valence-corrected chi connectivity index (χ2v) is 4.50. The van der Waals surface area contributed by atoms with Crippen LogP contribution in [0.5, 0.6) is 0 Å². The topological polar surface area (TPSA) is 90.9 Å². The van der Waals surface area contributed by atoms with E-state index < -0.39 is 0 Å². The van der Waals surface area contributed by atoms with Gasteiger partial charge < -0.3 is 21.4 Å². The summed E-state index contributed by atoms with van der Waals surface area (Å²) in [4.78, 5) is 0. The number of unbranched alkanes of at least 4 members (excludes halogenated alkanes) is 3. The fourth-order valence-electron chi connectivity index (χ4n) is 1.80. The van der Waals surface area contributed by atoms with Gasteiger partial charge in [0.25, 0.3) is 0 Å². The molecule has 0 aliphatic rings. The van der Waals surface area contributed by atoms with Crippen LogP contribution in [0.3, 0.4) is 0 Å². The van der Waals surface area contributed by atoms with E-state index in [0.29, 0.717) is 6.61 Å². The molecule has 5 nitrogen and oxygen atoms in total. The summed E-state index contributed by atoms with van der Waals surface area (Å²) >= 11 is 0. The molecule has 0 saturated carbocycles. The first-order valence-corrected chi connectivity index (χ1v) is 6.66. The summed E-state index contributed by atoms with van der Waals surface area (Å²) in [6, 6.07) is 7.61. The molecule has 1 aromatic carbocycles. The summed E-state index contributed by atoms with van der Waals surface area (Å²) in [7, 11) is 0. The lowest BCUT2D eigenvalue weighted by Gasteiger charge is -2.06. The van der Waals surface area contributed by atoms with Crippen molar-refractivity contribution in [3.8, 4) is 0 Å². The van der Waals surface area contributed by atoms with E-state index in [-0.39, 0.29) is 5.84 Å². The second-order valence-electron chi connectivity index (χ2n) is 4.50. The van der Waals surface area contributed by atoms with Crippen molar-refractivity contribution in [3.05, 3.63) is 35.4 Å². The summed E-state index contributed by atoms with van der Waals surface area (Å²) < 4.78 is 0. The summed E-state index contributed by atoms with van der Waals surface area (Å²) in [5.74, 6) is 0.128. The second kappa shape index (κ2) is 9.35. The average Bonchev–Trinajstić information content (AvgIpc) is 2.46. The first-order valence-electron chi connectivity index (χ1n) is 6.66. The van der Waals surface area contributed by atoms with Gasteiger partial charge in [0.05, 0.1) is 0 Å². The zero-order valence-corrected chi connectivity index (χ0v) is 11.2. The number of hydrogen-bond donors (Lipinski definition) is 4. The van der Waals surface area contributed by atoms with Gasteiger partial charge in [0.1, 0.15) is 0 Å². The number of oxime groups is 1. The molecule has 5 heteroatoms. The Morgan fingerprint density at radius 1 is 1.11 bits per heavy atom. The minimum absolute atomic E-state index is 0.128. The Morgan fingerprint density at radius 2 is 1.79 bits per heavy atom. The van der Waals surface area contributed by atoms with Gasteiger partial charge in [-0.3, -0.25) is 0 Å². The molecular weight excluding hydrogens is 242 g/mol. The molecule has 0 amide bonds. The molecule has 0 aromatic heterocycles. The van der Waals surface area contributed by atoms with E-state index >= 15 is 0 Å². The highest BCUT2D eigenvalue weighted by molar-refractivity contribution is 5.96. The van der Waals surface area contributed by atoms with Gasteiger partial charge in [-0.05, 0) is 24.9 Å². The van der Waals surface area contributed by atoms with Crippen LogP contribution in [-0.4, -0.2) is 29.3 Å². The minimum Gasteiger partial charge on any atom is -0.409 e. The smallest absolute Gasteiger partial charge is 0.170 e. The van der Waals surface area contributed by atoms with E-state index in [4.69, 9.17) is 16.0 Å². The fraction of sp³-hybridized carbons (Fsp3) is 0.500. The van der Waals surface area contributed by atoms with Crippen molar-refractivity contribution in [1.82, 2.24) is 5.32 Å². The van der Waals surface area contributed by atoms with Gasteiger partial charge in [0.2, 0.25) is 0 Å². The molecular formula is C14H23N3O2. The SMILES string of the molecule is N/C(=N/O)c1ccc(CNCCCCCCO)cc1. The van der Waals surface area contributed by atoms with Crippen LogP contribution >= 0.6 is 0 Å². The van der Waals surface area contributed by atoms with Gasteiger partial charge in [-0.25, -0.2) is 0 Å². The van der Waals surface area contributed by atoms with Gasteiger partial charge in [0.15, 0.2) is 5.84 Å². The first-order chi connectivity index (χ1) is 9.27. The van der Waals surface area contributed by atoms with Crippen molar-refractivity contribution in [2.75, 3.05) is 13.2 Å². The molecule has 0 unspecified atom stereocenters. The predicted molar refractivity (Wildman–Crippen MR) is 76.2 cm³/mol. The van der Waals surface area contributed by atoms with Gasteiger partial charge in [-0.2, -0.15) is 0 Å². The number of benzene rings is 1. The van der Waals surface area contributed by atoms with Gasteiger partial charge in [-0.15, -0.1) is 0 Å². The maximum absolute atomic E-state index is 8.65. The third kappa shape index (κ3) is 6.22. The Kier molecular flexibility index (Phi) is 7.62. The maximum atomic E-state index is 8.65. The molecule has 0 aliphatic heterocycles. The normalized spacial score (nSPS) is 11.7. The number of hydrogen-bond acceptors (Lipinski definition) is 4. The highest BCUT2D eigenvalue weighted by Crippen LogP contribution is 2.04. The average molecular weight is 265 g/mol. The Bertz CT molecular complexity index is 377. The van der Waals surface area contributed by atoms with Crippen molar-refractivity contribution < 1.29 is 10.3 Å². The van der Waals surface area contributed by atoms with Crippen LogP contribution in [0.15, 0.2) is 29.4 Å². The molecule has 0 fully saturated rings. The monoisotopic (exact) mass is 265 g/mol. The number of nitrogens with one attached hydrogen (secondary N) is 1. The largest absolute Gasteiger partial charge is 0.409 e. The van der Waals surface area contributed by atoms with Crippen LogP contribution in [0, 0.1) is 0 Å². The van der Waals surface area contributed by atoms with Gasteiger partial charge in [-0.1, -0.05) is 42.3 Å². The van der Waals surface area contributed by atoms with E-state index in [0.717, 1.165) is 44.3 Å². The maximum Gasteiger partial charge on any atom is 0.170 e. The standard InChI is InChI=1S/C14H23N3O2/c15-14(17-19)13-7-5-12(6-8-13)11-16-9-3-1-2-4-10-18/h5-8,16,18-19H,1-4,9-11H2,(H2,15,17). The summed E-state index contributed by atoms with van der Waals surface area (Å²) in [5, 5.41) is 23.5.